The molecule has 9 heteroatoms. The molecule has 0 saturated carbocycles. The number of esters is 1. The minimum Gasteiger partial charge on any atom is -0.454 e. The molecule has 0 unspecified atom stereocenters. The van der Waals surface area contributed by atoms with Crippen LogP contribution in [0.15, 0.2) is 41.5 Å². The summed E-state index contributed by atoms with van der Waals surface area (Å²) in [6.07, 6.45) is 1.30. The molecule has 0 saturated heterocycles. The summed E-state index contributed by atoms with van der Waals surface area (Å²) in [5.74, 6) is -1.27. The Morgan fingerprint density at radius 2 is 2.00 bits per heavy atom. The van der Waals surface area contributed by atoms with E-state index in [0.717, 1.165) is 10.4 Å². The Morgan fingerprint density at radius 1 is 1.28 bits per heavy atom. The number of hydrogen-bond acceptors (Lipinski definition) is 7. The summed E-state index contributed by atoms with van der Waals surface area (Å²) < 4.78 is 6.20. The molecule has 0 radical (unpaired) electrons. The number of nitrogens with zero attached hydrogens (tertiary/aromatic N) is 4. The number of benzene rings is 1. The third-order valence-electron chi connectivity index (χ3n) is 4.41. The van der Waals surface area contributed by atoms with Gasteiger partial charge in [0.2, 0.25) is 0 Å². The number of aryl methyl sites for hydroxylation is 2. The van der Waals surface area contributed by atoms with Crippen molar-refractivity contribution < 1.29 is 14.3 Å². The zero-order chi connectivity index (χ0) is 21.0. The van der Waals surface area contributed by atoms with Crippen LogP contribution in [0.2, 0.25) is 0 Å². The summed E-state index contributed by atoms with van der Waals surface area (Å²) in [4.78, 5) is 44.3. The van der Waals surface area contributed by atoms with Gasteiger partial charge in [-0.1, -0.05) is 18.2 Å². The fourth-order valence-electron chi connectivity index (χ4n) is 2.79. The molecular weight excluding hydrogens is 392 g/mol. The Kier molecular flexibility index (Phi) is 6.04. The van der Waals surface area contributed by atoms with E-state index in [2.05, 4.69) is 4.98 Å². The highest BCUT2D eigenvalue weighted by atomic mass is 32.1. The molecule has 3 rings (SSSR count). The monoisotopic (exact) mass is 410 g/mol. The van der Waals surface area contributed by atoms with Crippen LogP contribution >= 0.6 is 11.3 Å². The number of nitriles is 1. The normalized spacial score (nSPS) is 10.5. The molecular formula is C20H18N4O4S. The van der Waals surface area contributed by atoms with Crippen LogP contribution in [-0.2, 0) is 20.9 Å². The Morgan fingerprint density at radius 3 is 2.69 bits per heavy atom. The number of anilines is 1. The summed E-state index contributed by atoms with van der Waals surface area (Å²) in [6, 6.07) is 10.6. The molecule has 0 aliphatic rings. The molecule has 0 aliphatic heterocycles. The summed E-state index contributed by atoms with van der Waals surface area (Å²) in [6.45, 7) is 2.69. The van der Waals surface area contributed by atoms with Crippen LogP contribution in [0, 0.1) is 25.2 Å². The number of thiophene rings is 1. The van der Waals surface area contributed by atoms with Gasteiger partial charge < -0.3 is 4.74 Å². The SMILES string of the molecule is Cc1sc2ncn(CC(=O)OCC(=O)N(CC#N)c3ccccc3)c(=O)c2c1C. The third kappa shape index (κ3) is 4.33. The predicted molar refractivity (Wildman–Crippen MR) is 109 cm³/mol. The lowest BCUT2D eigenvalue weighted by Gasteiger charge is -2.19. The van der Waals surface area contributed by atoms with Crippen LogP contribution in [0.3, 0.4) is 0 Å². The number of hydrogen-bond donors (Lipinski definition) is 0. The van der Waals surface area contributed by atoms with Crippen molar-refractivity contribution in [1.82, 2.24) is 9.55 Å². The average Bonchev–Trinajstić information content (AvgIpc) is 3.01. The first kappa shape index (κ1) is 20.2. The Bertz CT molecular complexity index is 1160. The number of amides is 1. The molecule has 3 aromatic rings. The van der Waals surface area contributed by atoms with Crippen molar-refractivity contribution >= 4 is 39.1 Å². The minimum atomic E-state index is -0.740. The van der Waals surface area contributed by atoms with Gasteiger partial charge in [-0.15, -0.1) is 11.3 Å². The average molecular weight is 410 g/mol. The molecule has 2 heterocycles. The molecule has 0 bridgehead atoms. The van der Waals surface area contributed by atoms with Gasteiger partial charge in [-0.2, -0.15) is 5.26 Å². The molecule has 0 fully saturated rings. The maximum Gasteiger partial charge on any atom is 0.326 e. The highest BCUT2D eigenvalue weighted by Crippen LogP contribution is 2.25. The fraction of sp³-hybridized carbons (Fsp3) is 0.250. The topological polar surface area (TPSA) is 105 Å². The summed E-state index contributed by atoms with van der Waals surface area (Å²) in [7, 11) is 0. The number of para-hydroxylation sites is 1. The van der Waals surface area contributed by atoms with Crippen molar-refractivity contribution in [2.24, 2.45) is 0 Å². The first-order valence-corrected chi connectivity index (χ1v) is 9.57. The molecule has 0 atom stereocenters. The number of carbonyl (C=O) groups is 2. The lowest BCUT2D eigenvalue weighted by Crippen LogP contribution is -2.36. The number of fused-ring (bicyclic) bond motifs is 1. The van der Waals surface area contributed by atoms with Gasteiger partial charge in [-0.05, 0) is 31.5 Å². The number of ether oxygens (including phenoxy) is 1. The number of carbonyl (C=O) groups excluding carboxylic acids is 2. The molecule has 29 heavy (non-hydrogen) atoms. The van der Waals surface area contributed by atoms with Gasteiger partial charge in [0.25, 0.3) is 11.5 Å². The van der Waals surface area contributed by atoms with Gasteiger partial charge in [0.1, 0.15) is 17.9 Å². The second-order valence-electron chi connectivity index (χ2n) is 6.28. The minimum absolute atomic E-state index is 0.169. The van der Waals surface area contributed by atoms with Gasteiger partial charge in [0, 0.05) is 10.6 Å². The fourth-order valence-corrected chi connectivity index (χ4v) is 3.78. The molecule has 2 aromatic heterocycles. The van der Waals surface area contributed by atoms with Crippen molar-refractivity contribution in [1.29, 1.82) is 5.26 Å². The highest BCUT2D eigenvalue weighted by molar-refractivity contribution is 7.18. The molecule has 0 spiro atoms. The van der Waals surface area contributed by atoms with Crippen LogP contribution in [0.5, 0.6) is 0 Å². The first-order valence-electron chi connectivity index (χ1n) is 8.75. The van der Waals surface area contributed by atoms with Crippen LogP contribution in [0.25, 0.3) is 10.2 Å². The van der Waals surface area contributed by atoms with E-state index >= 15 is 0 Å². The van der Waals surface area contributed by atoms with E-state index < -0.39 is 18.5 Å². The zero-order valence-corrected chi connectivity index (χ0v) is 16.7. The second-order valence-corrected chi connectivity index (χ2v) is 7.48. The van der Waals surface area contributed by atoms with Crippen molar-refractivity contribution in [2.45, 2.75) is 20.4 Å². The van der Waals surface area contributed by atoms with E-state index in [1.165, 1.54) is 27.1 Å². The van der Waals surface area contributed by atoms with Gasteiger partial charge in [0.15, 0.2) is 6.61 Å². The van der Waals surface area contributed by atoms with Crippen LogP contribution in [0.4, 0.5) is 5.69 Å². The maximum absolute atomic E-state index is 12.6. The Balaban J connectivity index is 1.68. The van der Waals surface area contributed by atoms with E-state index in [1.807, 2.05) is 19.9 Å². The van der Waals surface area contributed by atoms with Gasteiger partial charge in [-0.3, -0.25) is 23.9 Å². The third-order valence-corrected chi connectivity index (χ3v) is 5.52. The lowest BCUT2D eigenvalue weighted by atomic mass is 10.2. The van der Waals surface area contributed by atoms with E-state index in [4.69, 9.17) is 10.00 Å². The molecule has 8 nitrogen and oxygen atoms in total. The van der Waals surface area contributed by atoms with E-state index in [-0.39, 0.29) is 18.6 Å². The molecule has 0 aliphatic carbocycles. The molecule has 0 N–H and O–H groups in total. The predicted octanol–water partition coefficient (Wildman–Crippen LogP) is 2.17. The van der Waals surface area contributed by atoms with Crippen molar-refractivity contribution in [3.8, 4) is 6.07 Å². The van der Waals surface area contributed by atoms with Gasteiger partial charge >= 0.3 is 5.97 Å². The summed E-state index contributed by atoms with van der Waals surface area (Å²) in [5, 5.41) is 9.45. The van der Waals surface area contributed by atoms with Gasteiger partial charge in [0.05, 0.1) is 17.8 Å². The van der Waals surface area contributed by atoms with E-state index in [1.54, 1.807) is 30.3 Å². The quantitative estimate of drug-likeness (QED) is 0.456. The highest BCUT2D eigenvalue weighted by Gasteiger charge is 2.18. The largest absolute Gasteiger partial charge is 0.454 e. The van der Waals surface area contributed by atoms with E-state index in [9.17, 15) is 14.4 Å². The summed E-state index contributed by atoms with van der Waals surface area (Å²) >= 11 is 1.42. The Labute approximate surface area is 170 Å². The smallest absolute Gasteiger partial charge is 0.326 e. The van der Waals surface area contributed by atoms with Crippen molar-refractivity contribution in [3.63, 3.8) is 0 Å². The molecule has 1 aromatic carbocycles. The number of aromatic nitrogens is 2. The maximum atomic E-state index is 12.6. The van der Waals surface area contributed by atoms with Crippen LogP contribution in [0.1, 0.15) is 10.4 Å². The van der Waals surface area contributed by atoms with Crippen molar-refractivity contribution in [2.75, 3.05) is 18.1 Å². The summed E-state index contributed by atoms with van der Waals surface area (Å²) in [5.41, 5.74) is 1.05. The lowest BCUT2D eigenvalue weighted by molar-refractivity contribution is -0.148. The first-order chi connectivity index (χ1) is 13.9. The van der Waals surface area contributed by atoms with Crippen LogP contribution < -0.4 is 10.5 Å². The van der Waals surface area contributed by atoms with Gasteiger partial charge in [-0.25, -0.2) is 4.98 Å². The zero-order valence-electron chi connectivity index (χ0n) is 15.9. The second kappa shape index (κ2) is 8.67. The van der Waals surface area contributed by atoms with Crippen LogP contribution in [-0.4, -0.2) is 34.6 Å². The van der Waals surface area contributed by atoms with E-state index in [0.29, 0.717) is 15.9 Å². The standard InChI is InChI=1S/C20H18N4O4S/c1-13-14(2)29-19-18(13)20(27)23(12-22-19)10-17(26)28-11-16(25)24(9-8-21)15-6-4-3-5-7-15/h3-7,12H,9-11H2,1-2H3. The van der Waals surface area contributed by atoms with Crippen molar-refractivity contribution in [3.05, 3.63) is 57.5 Å². The number of rotatable bonds is 6. The molecule has 1 amide bonds. The Hall–Kier alpha value is -3.51. The molecule has 148 valence electrons.